The molecule has 1 aromatic heterocycles. The summed E-state index contributed by atoms with van der Waals surface area (Å²) in [6, 6.07) is 14.3. The second-order valence-corrected chi connectivity index (χ2v) is 7.87. The lowest BCUT2D eigenvalue weighted by atomic mass is 9.89. The second kappa shape index (κ2) is 8.12. The predicted molar refractivity (Wildman–Crippen MR) is 111 cm³/mol. The molecule has 0 unspecified atom stereocenters. The Hall–Kier alpha value is -2.84. The summed E-state index contributed by atoms with van der Waals surface area (Å²) in [6.07, 6.45) is 1.52. The van der Waals surface area contributed by atoms with Crippen LogP contribution in [-0.4, -0.2) is 62.6 Å². The number of rotatable bonds is 3. The summed E-state index contributed by atoms with van der Waals surface area (Å²) in [7, 11) is 2.08. The highest BCUT2D eigenvalue weighted by Gasteiger charge is 2.47. The van der Waals surface area contributed by atoms with E-state index in [1.54, 1.807) is 16.8 Å². The molecule has 3 heterocycles. The van der Waals surface area contributed by atoms with Crippen LogP contribution in [0.15, 0.2) is 54.9 Å². The molecule has 3 aromatic rings. The summed E-state index contributed by atoms with van der Waals surface area (Å²) >= 11 is 0. The van der Waals surface area contributed by atoms with Gasteiger partial charge < -0.3 is 4.90 Å². The lowest BCUT2D eigenvalue weighted by Gasteiger charge is -2.27. The lowest BCUT2D eigenvalue weighted by Crippen LogP contribution is -2.33. The summed E-state index contributed by atoms with van der Waals surface area (Å²) in [4.78, 5) is 17.3. The molecule has 2 aliphatic heterocycles. The first-order chi connectivity index (χ1) is 14.1. The molecule has 0 radical (unpaired) electrons. The number of tetrazole rings is 1. The summed E-state index contributed by atoms with van der Waals surface area (Å²) in [5.41, 5.74) is 2.44. The van der Waals surface area contributed by atoms with Crippen LogP contribution in [0.25, 0.3) is 5.69 Å². The molecule has 30 heavy (non-hydrogen) atoms. The molecule has 156 valence electrons. The van der Waals surface area contributed by atoms with Gasteiger partial charge in [-0.1, -0.05) is 12.1 Å². The minimum absolute atomic E-state index is 0. The average Bonchev–Trinajstić information content (AvgIpc) is 3.44. The van der Waals surface area contributed by atoms with Gasteiger partial charge in [0.05, 0.1) is 5.69 Å². The third kappa shape index (κ3) is 3.57. The molecule has 0 saturated carbocycles. The van der Waals surface area contributed by atoms with Gasteiger partial charge in [0.2, 0.25) is 0 Å². The standard InChI is InChI=1S/C21H21FN6O.ClH/c1-26-10-16-11-27(12-19(16)20(26)15-3-2-4-17(22)9-15)21(29)14-5-7-18(8-6-14)28-13-23-24-25-28;/h2-9,13,16,19-20H,10-12H2,1H3;1H/t16-,19+,20-;/m0./s1. The van der Waals surface area contributed by atoms with Gasteiger partial charge in [-0.3, -0.25) is 9.69 Å². The van der Waals surface area contributed by atoms with Crippen molar-refractivity contribution in [1.82, 2.24) is 30.0 Å². The largest absolute Gasteiger partial charge is 0.338 e. The SMILES string of the molecule is CN1C[C@H]2CN(C(=O)c3ccc(-n4cnnn4)cc3)C[C@H]2[C@@H]1c1cccc(F)c1.Cl. The third-order valence-corrected chi connectivity index (χ3v) is 6.10. The Morgan fingerprint density at radius 1 is 1.10 bits per heavy atom. The van der Waals surface area contributed by atoms with Gasteiger partial charge >= 0.3 is 0 Å². The number of hydrogen-bond acceptors (Lipinski definition) is 5. The minimum atomic E-state index is -0.215. The van der Waals surface area contributed by atoms with Crippen molar-refractivity contribution < 1.29 is 9.18 Å². The number of hydrogen-bond donors (Lipinski definition) is 0. The fraction of sp³-hybridized carbons (Fsp3) is 0.333. The second-order valence-electron chi connectivity index (χ2n) is 7.87. The molecular formula is C21H22ClFN6O. The van der Waals surface area contributed by atoms with Crippen molar-refractivity contribution in [3.8, 4) is 5.69 Å². The zero-order chi connectivity index (χ0) is 20.0. The summed E-state index contributed by atoms with van der Waals surface area (Å²) in [5.74, 6) is 0.528. The van der Waals surface area contributed by atoms with Gasteiger partial charge in [0.25, 0.3) is 5.91 Å². The maximum atomic E-state index is 13.8. The van der Waals surface area contributed by atoms with Gasteiger partial charge in [-0.25, -0.2) is 9.07 Å². The van der Waals surface area contributed by atoms with Crippen molar-refractivity contribution in [1.29, 1.82) is 0 Å². The summed E-state index contributed by atoms with van der Waals surface area (Å²) in [6.45, 7) is 2.33. The van der Waals surface area contributed by atoms with Crippen molar-refractivity contribution in [2.45, 2.75) is 6.04 Å². The first-order valence-corrected chi connectivity index (χ1v) is 9.68. The van der Waals surface area contributed by atoms with E-state index in [-0.39, 0.29) is 30.2 Å². The van der Waals surface area contributed by atoms with Gasteiger partial charge in [-0.2, -0.15) is 0 Å². The van der Waals surface area contributed by atoms with Gasteiger partial charge in [0.15, 0.2) is 0 Å². The highest BCUT2D eigenvalue weighted by atomic mass is 35.5. The first kappa shape index (κ1) is 20.4. The van der Waals surface area contributed by atoms with Crippen molar-refractivity contribution in [2.75, 3.05) is 26.7 Å². The molecule has 2 aromatic carbocycles. The first-order valence-electron chi connectivity index (χ1n) is 9.68. The van der Waals surface area contributed by atoms with E-state index in [9.17, 15) is 9.18 Å². The van der Waals surface area contributed by atoms with E-state index in [0.29, 0.717) is 23.9 Å². The molecule has 7 nitrogen and oxygen atoms in total. The molecule has 0 spiro atoms. The number of likely N-dealkylation sites (tertiary alicyclic amines) is 2. The van der Waals surface area contributed by atoms with Crippen LogP contribution in [-0.2, 0) is 0 Å². The van der Waals surface area contributed by atoms with Crippen LogP contribution in [0.4, 0.5) is 4.39 Å². The molecule has 2 fully saturated rings. The molecule has 2 aliphatic rings. The van der Waals surface area contributed by atoms with Crippen LogP contribution in [0, 0.1) is 17.7 Å². The molecule has 3 atom stereocenters. The number of carbonyl (C=O) groups excluding carboxylic acids is 1. The Morgan fingerprint density at radius 2 is 1.90 bits per heavy atom. The Balaban J connectivity index is 0.00000218. The molecule has 1 amide bonds. The molecule has 0 aliphatic carbocycles. The van der Waals surface area contributed by atoms with E-state index in [4.69, 9.17) is 0 Å². The smallest absolute Gasteiger partial charge is 0.253 e. The lowest BCUT2D eigenvalue weighted by molar-refractivity contribution is 0.0768. The van der Waals surface area contributed by atoms with Gasteiger partial charge in [0, 0.05) is 37.2 Å². The van der Waals surface area contributed by atoms with Crippen molar-refractivity contribution >= 4 is 18.3 Å². The Bertz CT molecular complexity index is 1030. The normalized spacial score (nSPS) is 23.3. The molecule has 5 rings (SSSR count). The highest BCUT2D eigenvalue weighted by molar-refractivity contribution is 5.94. The number of fused-ring (bicyclic) bond motifs is 1. The van der Waals surface area contributed by atoms with E-state index in [0.717, 1.165) is 24.3 Å². The monoisotopic (exact) mass is 428 g/mol. The van der Waals surface area contributed by atoms with Gasteiger partial charge in [0.1, 0.15) is 12.1 Å². The van der Waals surface area contributed by atoms with E-state index < -0.39 is 0 Å². The number of halogens is 2. The quantitative estimate of drug-likeness (QED) is 0.641. The number of amides is 1. The van der Waals surface area contributed by atoms with E-state index in [2.05, 4.69) is 27.5 Å². The van der Waals surface area contributed by atoms with Crippen molar-refractivity contribution in [2.24, 2.45) is 11.8 Å². The number of aromatic nitrogens is 4. The van der Waals surface area contributed by atoms with Crippen LogP contribution >= 0.6 is 12.4 Å². The number of carbonyl (C=O) groups is 1. The molecule has 0 N–H and O–H groups in total. The Kier molecular flexibility index (Phi) is 5.53. The van der Waals surface area contributed by atoms with Crippen LogP contribution in [0.3, 0.4) is 0 Å². The molecule has 0 bridgehead atoms. The van der Waals surface area contributed by atoms with Gasteiger partial charge in [-0.05, 0) is 65.4 Å². The van der Waals surface area contributed by atoms with Crippen LogP contribution < -0.4 is 0 Å². The zero-order valence-corrected chi connectivity index (χ0v) is 17.2. The van der Waals surface area contributed by atoms with E-state index in [1.807, 2.05) is 35.2 Å². The molecule has 9 heteroatoms. The van der Waals surface area contributed by atoms with Crippen LogP contribution in [0.5, 0.6) is 0 Å². The van der Waals surface area contributed by atoms with E-state index >= 15 is 0 Å². The van der Waals surface area contributed by atoms with E-state index in [1.165, 1.54) is 12.4 Å². The van der Waals surface area contributed by atoms with Crippen molar-refractivity contribution in [3.05, 3.63) is 71.8 Å². The maximum absolute atomic E-state index is 13.8. The van der Waals surface area contributed by atoms with Gasteiger partial charge in [-0.15, -0.1) is 17.5 Å². The topological polar surface area (TPSA) is 67.2 Å². The summed E-state index contributed by atoms with van der Waals surface area (Å²) in [5, 5.41) is 11.1. The number of benzene rings is 2. The molecular weight excluding hydrogens is 407 g/mol. The zero-order valence-electron chi connectivity index (χ0n) is 16.4. The highest BCUT2D eigenvalue weighted by Crippen LogP contribution is 2.44. The fourth-order valence-electron chi connectivity index (χ4n) is 4.83. The van der Waals surface area contributed by atoms with Crippen molar-refractivity contribution in [3.63, 3.8) is 0 Å². The third-order valence-electron chi connectivity index (χ3n) is 6.10. The predicted octanol–water partition coefficient (Wildman–Crippen LogP) is 2.60. The summed E-state index contributed by atoms with van der Waals surface area (Å²) < 4.78 is 15.3. The molecule has 2 saturated heterocycles. The average molecular weight is 429 g/mol. The maximum Gasteiger partial charge on any atom is 0.253 e. The fourth-order valence-corrected chi connectivity index (χ4v) is 4.83. The number of nitrogens with zero attached hydrogens (tertiary/aromatic N) is 6. The Labute approximate surface area is 179 Å². The Morgan fingerprint density at radius 3 is 2.60 bits per heavy atom. The van der Waals surface area contributed by atoms with Crippen LogP contribution in [0.2, 0.25) is 0 Å². The van der Waals surface area contributed by atoms with Crippen LogP contribution in [0.1, 0.15) is 22.0 Å². The minimum Gasteiger partial charge on any atom is -0.338 e.